The quantitative estimate of drug-likeness (QED) is 0.749. The molecular weight excluding hydrogens is 190 g/mol. The summed E-state index contributed by atoms with van der Waals surface area (Å²) in [4.78, 5) is 11.5. The van der Waals surface area contributed by atoms with E-state index in [0.29, 0.717) is 5.70 Å². The zero-order chi connectivity index (χ0) is 10.8. The van der Waals surface area contributed by atoms with Crippen LogP contribution in [0.3, 0.4) is 0 Å². The van der Waals surface area contributed by atoms with Crippen LogP contribution in [0.25, 0.3) is 0 Å². The first kappa shape index (κ1) is 9.77. The van der Waals surface area contributed by atoms with Crippen LogP contribution < -0.4 is 5.32 Å². The van der Waals surface area contributed by atoms with Gasteiger partial charge in [-0.15, -0.1) is 0 Å². The normalized spacial score (nSPS) is 20.4. The summed E-state index contributed by atoms with van der Waals surface area (Å²) in [6, 6.07) is 9.60. The van der Waals surface area contributed by atoms with Crippen LogP contribution >= 0.6 is 0 Å². The van der Waals surface area contributed by atoms with Crippen LogP contribution in [0, 0.1) is 0 Å². The van der Waals surface area contributed by atoms with Crippen molar-refractivity contribution in [2.75, 3.05) is 5.32 Å². The van der Waals surface area contributed by atoms with E-state index in [2.05, 4.69) is 5.32 Å². The van der Waals surface area contributed by atoms with Crippen LogP contribution in [0.4, 0.5) is 5.69 Å². The van der Waals surface area contributed by atoms with E-state index in [0.717, 1.165) is 11.3 Å². The average molecular weight is 203 g/mol. The van der Waals surface area contributed by atoms with E-state index in [9.17, 15) is 4.79 Å². The molecule has 0 aromatic heterocycles. The van der Waals surface area contributed by atoms with Gasteiger partial charge in [0.2, 0.25) is 0 Å². The van der Waals surface area contributed by atoms with Crippen LogP contribution in [0.2, 0.25) is 0 Å². The van der Waals surface area contributed by atoms with Crippen LogP contribution in [0.1, 0.15) is 13.8 Å². The minimum atomic E-state index is -0.274. The molecule has 0 fully saturated rings. The van der Waals surface area contributed by atoms with Gasteiger partial charge < -0.3 is 10.1 Å². The number of rotatable bonds is 2. The Morgan fingerprint density at radius 2 is 1.93 bits per heavy atom. The fraction of sp³-hybridized carbons (Fsp3) is 0.250. The maximum atomic E-state index is 11.5. The van der Waals surface area contributed by atoms with Crippen molar-refractivity contribution >= 4 is 11.7 Å². The molecule has 3 heteroatoms. The minimum Gasteiger partial charge on any atom is -0.453 e. The Labute approximate surface area is 88.8 Å². The molecule has 1 heterocycles. The number of ether oxygens (including phenoxy) is 1. The molecule has 1 aromatic carbocycles. The first-order valence-electron chi connectivity index (χ1n) is 4.92. The second kappa shape index (κ2) is 3.77. The van der Waals surface area contributed by atoms with Crippen LogP contribution in [0.5, 0.6) is 0 Å². The number of para-hydroxylation sites is 1. The predicted molar refractivity (Wildman–Crippen MR) is 58.3 cm³/mol. The predicted octanol–water partition coefficient (Wildman–Crippen LogP) is 2.32. The average Bonchev–Trinajstić information content (AvgIpc) is 2.47. The fourth-order valence-corrected chi connectivity index (χ4v) is 1.49. The molecule has 0 saturated carbocycles. The molecule has 1 N–H and O–H groups in total. The van der Waals surface area contributed by atoms with Gasteiger partial charge in [0.05, 0.1) is 0 Å². The first-order valence-corrected chi connectivity index (χ1v) is 4.92. The number of benzene rings is 1. The summed E-state index contributed by atoms with van der Waals surface area (Å²) in [5, 5.41) is 3.08. The van der Waals surface area contributed by atoms with E-state index in [1.165, 1.54) is 0 Å². The van der Waals surface area contributed by atoms with Crippen molar-refractivity contribution in [2.45, 2.75) is 20.0 Å². The highest BCUT2D eigenvalue weighted by Gasteiger charge is 2.28. The van der Waals surface area contributed by atoms with Crippen molar-refractivity contribution in [3.63, 3.8) is 0 Å². The molecule has 1 aromatic rings. The molecule has 0 amide bonds. The second-order valence-corrected chi connectivity index (χ2v) is 3.60. The third-order valence-corrected chi connectivity index (χ3v) is 2.54. The molecule has 78 valence electrons. The van der Waals surface area contributed by atoms with E-state index < -0.39 is 0 Å². The zero-order valence-corrected chi connectivity index (χ0v) is 8.78. The fourth-order valence-electron chi connectivity index (χ4n) is 1.49. The number of carbonyl (C=O) groups is 1. The lowest BCUT2D eigenvalue weighted by atomic mass is 10.2. The van der Waals surface area contributed by atoms with Gasteiger partial charge in [-0.3, -0.25) is 0 Å². The molecule has 1 atom stereocenters. The lowest BCUT2D eigenvalue weighted by Crippen LogP contribution is -2.09. The van der Waals surface area contributed by atoms with E-state index in [4.69, 9.17) is 4.74 Å². The maximum absolute atomic E-state index is 11.5. The van der Waals surface area contributed by atoms with E-state index in [-0.39, 0.29) is 12.1 Å². The molecule has 0 bridgehead atoms. The highest BCUT2D eigenvalue weighted by molar-refractivity contribution is 5.95. The third-order valence-electron chi connectivity index (χ3n) is 2.54. The molecule has 1 aliphatic heterocycles. The number of hydrogen-bond donors (Lipinski definition) is 1. The Morgan fingerprint density at radius 3 is 2.47 bits per heavy atom. The van der Waals surface area contributed by atoms with Crippen LogP contribution in [-0.2, 0) is 9.53 Å². The molecule has 1 aliphatic rings. The van der Waals surface area contributed by atoms with Gasteiger partial charge in [0, 0.05) is 5.69 Å². The smallest absolute Gasteiger partial charge is 0.355 e. The molecule has 3 nitrogen and oxygen atoms in total. The summed E-state index contributed by atoms with van der Waals surface area (Å²) in [6.07, 6.45) is -0.122. The van der Waals surface area contributed by atoms with Gasteiger partial charge in [-0.05, 0) is 31.6 Å². The summed E-state index contributed by atoms with van der Waals surface area (Å²) in [6.45, 7) is 3.77. The molecule has 0 radical (unpaired) electrons. The van der Waals surface area contributed by atoms with Crippen molar-refractivity contribution in [2.24, 2.45) is 0 Å². The van der Waals surface area contributed by atoms with Gasteiger partial charge in [-0.25, -0.2) is 4.79 Å². The van der Waals surface area contributed by atoms with Crippen molar-refractivity contribution in [1.82, 2.24) is 0 Å². The third kappa shape index (κ3) is 1.86. The van der Waals surface area contributed by atoms with Crippen molar-refractivity contribution in [1.29, 1.82) is 0 Å². The number of hydrogen-bond acceptors (Lipinski definition) is 3. The molecule has 2 rings (SSSR count). The lowest BCUT2D eigenvalue weighted by Gasteiger charge is -2.04. The number of cyclic esters (lactones) is 1. The van der Waals surface area contributed by atoms with E-state index in [1.54, 1.807) is 0 Å². The summed E-state index contributed by atoms with van der Waals surface area (Å²) >= 11 is 0. The number of anilines is 1. The second-order valence-electron chi connectivity index (χ2n) is 3.60. The van der Waals surface area contributed by atoms with Gasteiger partial charge in [0.1, 0.15) is 11.8 Å². The largest absolute Gasteiger partial charge is 0.453 e. The Hall–Kier alpha value is -1.77. The van der Waals surface area contributed by atoms with Gasteiger partial charge in [0.25, 0.3) is 0 Å². The highest BCUT2D eigenvalue weighted by atomic mass is 16.5. The number of nitrogens with one attached hydrogen (secondary N) is 1. The molecule has 0 aliphatic carbocycles. The molecule has 15 heavy (non-hydrogen) atoms. The monoisotopic (exact) mass is 203 g/mol. The summed E-state index contributed by atoms with van der Waals surface area (Å²) in [5.41, 5.74) is 2.41. The topological polar surface area (TPSA) is 38.3 Å². The molecular formula is C12H13NO2. The van der Waals surface area contributed by atoms with Gasteiger partial charge in [0.15, 0.2) is 0 Å². The SMILES string of the molecule is CC1=C(Nc2ccccc2)C(=O)OC1C. The van der Waals surface area contributed by atoms with Gasteiger partial charge in [-0.1, -0.05) is 18.2 Å². The molecule has 1 unspecified atom stereocenters. The van der Waals surface area contributed by atoms with E-state index in [1.807, 2.05) is 44.2 Å². The Kier molecular flexibility index (Phi) is 2.46. The summed E-state index contributed by atoms with van der Waals surface area (Å²) in [7, 11) is 0. The first-order chi connectivity index (χ1) is 7.18. The number of esters is 1. The van der Waals surface area contributed by atoms with Gasteiger partial charge in [-0.2, -0.15) is 0 Å². The van der Waals surface area contributed by atoms with Gasteiger partial charge >= 0.3 is 5.97 Å². The lowest BCUT2D eigenvalue weighted by molar-refractivity contribution is -0.138. The summed E-state index contributed by atoms with van der Waals surface area (Å²) in [5.74, 6) is -0.274. The highest BCUT2D eigenvalue weighted by Crippen LogP contribution is 2.23. The minimum absolute atomic E-state index is 0.122. The van der Waals surface area contributed by atoms with Crippen molar-refractivity contribution in [3.8, 4) is 0 Å². The standard InChI is InChI=1S/C12H13NO2/c1-8-9(2)15-12(14)11(8)13-10-6-4-3-5-7-10/h3-7,9,13H,1-2H3. The Bertz CT molecular complexity index is 409. The molecule has 0 spiro atoms. The van der Waals surface area contributed by atoms with Crippen molar-refractivity contribution < 1.29 is 9.53 Å². The zero-order valence-electron chi connectivity index (χ0n) is 8.78. The Morgan fingerprint density at radius 1 is 1.27 bits per heavy atom. The van der Waals surface area contributed by atoms with Crippen LogP contribution in [0.15, 0.2) is 41.6 Å². The number of carbonyl (C=O) groups excluding carboxylic acids is 1. The summed E-state index contributed by atoms with van der Waals surface area (Å²) < 4.78 is 5.08. The molecule has 0 saturated heterocycles. The van der Waals surface area contributed by atoms with Crippen LogP contribution in [-0.4, -0.2) is 12.1 Å². The maximum Gasteiger partial charge on any atom is 0.355 e. The van der Waals surface area contributed by atoms with E-state index >= 15 is 0 Å². The Balaban J connectivity index is 2.23. The van der Waals surface area contributed by atoms with Crippen molar-refractivity contribution in [3.05, 3.63) is 41.6 Å².